The van der Waals surface area contributed by atoms with Crippen LogP contribution in [-0.4, -0.2) is 0 Å². The minimum absolute atomic E-state index is 0.402. The fraction of sp³-hybridized carbons (Fsp3) is 0.143. The number of hydrogen-bond donors (Lipinski definition) is 1. The fourth-order valence-electron chi connectivity index (χ4n) is 0.744. The van der Waals surface area contributed by atoms with Crippen molar-refractivity contribution in [3.8, 4) is 0 Å². The Morgan fingerprint density at radius 2 is 2.27 bits per heavy atom. The molecule has 2 N–H and O–H groups in total. The van der Waals surface area contributed by atoms with Crippen molar-refractivity contribution in [2.45, 2.75) is 6.61 Å². The van der Waals surface area contributed by atoms with E-state index >= 15 is 0 Å². The molecule has 0 amide bonds. The molecule has 0 aliphatic carbocycles. The molecule has 0 radical (unpaired) electrons. The van der Waals surface area contributed by atoms with Gasteiger partial charge in [0.1, 0.15) is 0 Å². The molecule has 0 fully saturated rings. The van der Waals surface area contributed by atoms with E-state index in [4.69, 9.17) is 17.5 Å². The second-order valence-corrected chi connectivity index (χ2v) is 3.65. The fourth-order valence-corrected chi connectivity index (χ4v) is 1.43. The SMILES string of the molecule is NOCc1cc(Cl)ccc1I. The molecule has 0 aliphatic heterocycles. The number of hydrogen-bond acceptors (Lipinski definition) is 2. The summed E-state index contributed by atoms with van der Waals surface area (Å²) in [6, 6.07) is 5.61. The van der Waals surface area contributed by atoms with Crippen molar-refractivity contribution in [2.75, 3.05) is 0 Å². The van der Waals surface area contributed by atoms with Crippen molar-refractivity contribution in [1.82, 2.24) is 0 Å². The first-order valence-electron chi connectivity index (χ1n) is 2.99. The van der Waals surface area contributed by atoms with Crippen molar-refractivity contribution < 1.29 is 4.84 Å². The minimum Gasteiger partial charge on any atom is -0.300 e. The molecule has 0 atom stereocenters. The van der Waals surface area contributed by atoms with Gasteiger partial charge < -0.3 is 0 Å². The summed E-state index contributed by atoms with van der Waals surface area (Å²) in [6.45, 7) is 0.402. The van der Waals surface area contributed by atoms with Gasteiger partial charge in [-0.3, -0.25) is 4.84 Å². The largest absolute Gasteiger partial charge is 0.300 e. The lowest BCUT2D eigenvalue weighted by molar-refractivity contribution is 0.123. The third-order valence-electron chi connectivity index (χ3n) is 1.25. The van der Waals surface area contributed by atoms with Crippen LogP contribution >= 0.6 is 34.2 Å². The van der Waals surface area contributed by atoms with E-state index in [9.17, 15) is 0 Å². The van der Waals surface area contributed by atoms with Gasteiger partial charge in [0.2, 0.25) is 0 Å². The van der Waals surface area contributed by atoms with Crippen LogP contribution in [0.2, 0.25) is 5.02 Å². The Labute approximate surface area is 83.8 Å². The Morgan fingerprint density at radius 1 is 1.55 bits per heavy atom. The summed E-state index contributed by atoms with van der Waals surface area (Å²) in [6.07, 6.45) is 0. The summed E-state index contributed by atoms with van der Waals surface area (Å²) in [7, 11) is 0. The molecule has 4 heteroatoms. The maximum Gasteiger partial charge on any atom is 0.0940 e. The Morgan fingerprint density at radius 3 is 2.91 bits per heavy atom. The lowest BCUT2D eigenvalue weighted by atomic mass is 10.2. The first kappa shape index (κ1) is 9.25. The van der Waals surface area contributed by atoms with Crippen LogP contribution in [0.25, 0.3) is 0 Å². The van der Waals surface area contributed by atoms with E-state index in [-0.39, 0.29) is 0 Å². The van der Waals surface area contributed by atoms with Gasteiger partial charge in [0, 0.05) is 8.59 Å². The third kappa shape index (κ3) is 2.59. The third-order valence-corrected chi connectivity index (χ3v) is 2.53. The van der Waals surface area contributed by atoms with E-state index in [0.29, 0.717) is 11.6 Å². The second kappa shape index (κ2) is 4.25. The molecule has 1 rings (SSSR count). The van der Waals surface area contributed by atoms with Gasteiger partial charge in [0.25, 0.3) is 0 Å². The summed E-state index contributed by atoms with van der Waals surface area (Å²) in [5.74, 6) is 4.93. The molecule has 0 saturated heterocycles. The van der Waals surface area contributed by atoms with Crippen LogP contribution in [0.1, 0.15) is 5.56 Å². The maximum atomic E-state index is 5.75. The monoisotopic (exact) mass is 283 g/mol. The normalized spacial score (nSPS) is 10.1. The maximum absolute atomic E-state index is 5.75. The van der Waals surface area contributed by atoms with E-state index in [0.717, 1.165) is 9.13 Å². The number of halogens is 2. The smallest absolute Gasteiger partial charge is 0.0940 e. The zero-order valence-corrected chi connectivity index (χ0v) is 8.59. The summed E-state index contributed by atoms with van der Waals surface area (Å²) in [5, 5.41) is 0.706. The quantitative estimate of drug-likeness (QED) is 0.668. The van der Waals surface area contributed by atoms with Gasteiger partial charge in [-0.2, -0.15) is 0 Å². The Bertz CT molecular complexity index is 254. The average molecular weight is 283 g/mol. The van der Waals surface area contributed by atoms with Gasteiger partial charge in [-0.1, -0.05) is 11.6 Å². The van der Waals surface area contributed by atoms with Crippen LogP contribution in [0.3, 0.4) is 0 Å². The summed E-state index contributed by atoms with van der Waals surface area (Å²) < 4.78 is 1.11. The highest BCUT2D eigenvalue weighted by Crippen LogP contribution is 2.17. The molecule has 0 saturated carbocycles. The first-order chi connectivity index (χ1) is 5.24. The summed E-state index contributed by atoms with van der Waals surface area (Å²) in [5.41, 5.74) is 1.01. The molecule has 60 valence electrons. The topological polar surface area (TPSA) is 35.2 Å². The van der Waals surface area contributed by atoms with E-state index in [1.54, 1.807) is 0 Å². The molecule has 0 heterocycles. The standard InChI is InChI=1S/C7H7ClINO/c8-6-1-2-7(9)5(3-6)4-11-10/h1-3H,4,10H2. The molecule has 2 nitrogen and oxygen atoms in total. The van der Waals surface area contributed by atoms with Crippen LogP contribution in [0, 0.1) is 3.57 Å². The number of benzene rings is 1. The Balaban J connectivity index is 2.93. The average Bonchev–Trinajstić information content (AvgIpc) is 1.98. The molecule has 0 unspecified atom stereocenters. The highest BCUT2D eigenvalue weighted by Gasteiger charge is 1.99. The molecule has 1 aromatic rings. The summed E-state index contributed by atoms with van der Waals surface area (Å²) >= 11 is 7.96. The van der Waals surface area contributed by atoms with Gasteiger partial charge >= 0.3 is 0 Å². The minimum atomic E-state index is 0.402. The van der Waals surface area contributed by atoms with E-state index < -0.39 is 0 Å². The molecule has 0 aliphatic rings. The molecule has 0 spiro atoms. The van der Waals surface area contributed by atoms with E-state index in [1.165, 1.54) is 0 Å². The molecule has 11 heavy (non-hydrogen) atoms. The lowest BCUT2D eigenvalue weighted by Gasteiger charge is -2.01. The van der Waals surface area contributed by atoms with Gasteiger partial charge in [-0.05, 0) is 46.4 Å². The zero-order chi connectivity index (χ0) is 8.27. The van der Waals surface area contributed by atoms with Crippen molar-refractivity contribution in [2.24, 2.45) is 5.90 Å². The highest BCUT2D eigenvalue weighted by molar-refractivity contribution is 14.1. The van der Waals surface area contributed by atoms with Crippen LogP contribution in [0.5, 0.6) is 0 Å². The molecular formula is C7H7ClINO. The Kier molecular flexibility index (Phi) is 3.58. The van der Waals surface area contributed by atoms with Gasteiger partial charge in [0.15, 0.2) is 0 Å². The van der Waals surface area contributed by atoms with Crippen LogP contribution in [0.4, 0.5) is 0 Å². The predicted molar refractivity (Wildman–Crippen MR) is 53.1 cm³/mol. The highest BCUT2D eigenvalue weighted by atomic mass is 127. The molecular weight excluding hydrogens is 276 g/mol. The molecule has 0 bridgehead atoms. The first-order valence-corrected chi connectivity index (χ1v) is 4.45. The number of nitrogens with two attached hydrogens (primary N) is 1. The van der Waals surface area contributed by atoms with Gasteiger partial charge in [0.05, 0.1) is 6.61 Å². The Hall–Kier alpha value is 0.160. The van der Waals surface area contributed by atoms with Crippen molar-refractivity contribution in [3.05, 3.63) is 32.4 Å². The van der Waals surface area contributed by atoms with Crippen molar-refractivity contribution in [3.63, 3.8) is 0 Å². The number of rotatable bonds is 2. The molecule has 0 aromatic heterocycles. The van der Waals surface area contributed by atoms with Crippen LogP contribution in [0.15, 0.2) is 18.2 Å². The van der Waals surface area contributed by atoms with Gasteiger partial charge in [-0.15, -0.1) is 0 Å². The predicted octanol–water partition coefficient (Wildman–Crippen LogP) is 2.33. The van der Waals surface area contributed by atoms with Crippen molar-refractivity contribution >= 4 is 34.2 Å². The second-order valence-electron chi connectivity index (χ2n) is 2.05. The lowest BCUT2D eigenvalue weighted by Crippen LogP contribution is -2.00. The van der Waals surface area contributed by atoms with Crippen LogP contribution in [-0.2, 0) is 11.4 Å². The van der Waals surface area contributed by atoms with E-state index in [1.807, 2.05) is 18.2 Å². The van der Waals surface area contributed by atoms with Crippen molar-refractivity contribution in [1.29, 1.82) is 0 Å². The van der Waals surface area contributed by atoms with Crippen LogP contribution < -0.4 is 5.90 Å². The van der Waals surface area contributed by atoms with E-state index in [2.05, 4.69) is 27.4 Å². The molecule has 1 aromatic carbocycles. The summed E-state index contributed by atoms with van der Waals surface area (Å²) in [4.78, 5) is 4.50. The zero-order valence-electron chi connectivity index (χ0n) is 5.68. The van der Waals surface area contributed by atoms with Gasteiger partial charge in [-0.25, -0.2) is 5.90 Å².